The summed E-state index contributed by atoms with van der Waals surface area (Å²) < 4.78 is 5.33. The number of benzene rings is 1. The number of nitrogens with one attached hydrogen (secondary N) is 1. The van der Waals surface area contributed by atoms with Crippen molar-refractivity contribution in [2.24, 2.45) is 0 Å². The molecule has 116 valence electrons. The molecule has 1 saturated heterocycles. The Balaban J connectivity index is 1.51. The zero-order chi connectivity index (χ0) is 15.2. The predicted molar refractivity (Wildman–Crippen MR) is 87.6 cm³/mol. The van der Waals surface area contributed by atoms with Crippen molar-refractivity contribution in [3.8, 4) is 11.1 Å². The predicted octanol–water partition coefficient (Wildman–Crippen LogP) is 1.47. The third-order valence-electron chi connectivity index (χ3n) is 3.71. The van der Waals surface area contributed by atoms with Gasteiger partial charge in [0, 0.05) is 49.8 Å². The second kappa shape index (κ2) is 7.20. The lowest BCUT2D eigenvalue weighted by molar-refractivity contribution is 0.0398. The molecule has 0 radical (unpaired) electrons. The molecule has 0 spiro atoms. The van der Waals surface area contributed by atoms with Gasteiger partial charge in [-0.3, -0.25) is 4.90 Å². The van der Waals surface area contributed by atoms with Crippen LogP contribution in [0.25, 0.3) is 11.1 Å². The molecule has 0 atom stereocenters. The average molecular weight is 299 g/mol. The average Bonchev–Trinajstić information content (AvgIpc) is 2.57. The van der Waals surface area contributed by atoms with Crippen LogP contribution in [-0.4, -0.2) is 54.3 Å². The molecule has 0 amide bonds. The molecule has 1 fully saturated rings. The molecule has 0 aliphatic carbocycles. The molecule has 2 heterocycles. The fourth-order valence-electron chi connectivity index (χ4n) is 2.39. The van der Waals surface area contributed by atoms with Crippen molar-refractivity contribution >= 4 is 11.6 Å². The minimum Gasteiger partial charge on any atom is -0.399 e. The van der Waals surface area contributed by atoms with Crippen molar-refractivity contribution in [2.45, 2.75) is 0 Å². The van der Waals surface area contributed by atoms with Crippen LogP contribution >= 0.6 is 0 Å². The molecule has 0 bridgehead atoms. The van der Waals surface area contributed by atoms with E-state index in [0.717, 1.165) is 56.2 Å². The van der Waals surface area contributed by atoms with Crippen LogP contribution in [0.2, 0.25) is 0 Å². The molecular formula is C16H21N5O. The quantitative estimate of drug-likeness (QED) is 0.814. The van der Waals surface area contributed by atoms with Gasteiger partial charge < -0.3 is 15.8 Å². The molecule has 1 aliphatic rings. The third-order valence-corrected chi connectivity index (χ3v) is 3.71. The van der Waals surface area contributed by atoms with E-state index in [1.807, 2.05) is 36.7 Å². The van der Waals surface area contributed by atoms with E-state index in [0.29, 0.717) is 5.95 Å². The Kier molecular flexibility index (Phi) is 4.82. The Labute approximate surface area is 130 Å². The zero-order valence-corrected chi connectivity index (χ0v) is 12.5. The maximum atomic E-state index is 5.69. The molecule has 6 nitrogen and oxygen atoms in total. The number of morpholine rings is 1. The first-order valence-electron chi connectivity index (χ1n) is 7.53. The molecule has 3 N–H and O–H groups in total. The van der Waals surface area contributed by atoms with Crippen molar-refractivity contribution in [3.05, 3.63) is 36.7 Å². The van der Waals surface area contributed by atoms with E-state index in [1.165, 1.54) is 0 Å². The summed E-state index contributed by atoms with van der Waals surface area (Å²) in [5.74, 6) is 0.660. The fraction of sp³-hybridized carbons (Fsp3) is 0.375. The molecular weight excluding hydrogens is 278 g/mol. The number of aromatic nitrogens is 2. The number of nitrogens with zero attached hydrogens (tertiary/aromatic N) is 3. The molecule has 0 unspecified atom stereocenters. The fourth-order valence-corrected chi connectivity index (χ4v) is 2.39. The lowest BCUT2D eigenvalue weighted by atomic mass is 10.1. The van der Waals surface area contributed by atoms with Crippen molar-refractivity contribution < 1.29 is 4.74 Å². The molecule has 1 aromatic carbocycles. The Morgan fingerprint density at radius 3 is 2.41 bits per heavy atom. The molecule has 6 heteroatoms. The summed E-state index contributed by atoms with van der Waals surface area (Å²) in [7, 11) is 0. The standard InChI is InChI=1S/C16H21N5O/c17-15-3-1-13(2-4-15)14-11-19-16(20-12-14)18-5-6-21-7-9-22-10-8-21/h1-4,11-12H,5-10,17H2,(H,18,19,20). The number of nitrogen functional groups attached to an aromatic ring is 1. The second-order valence-electron chi connectivity index (χ2n) is 5.30. The van der Waals surface area contributed by atoms with Gasteiger partial charge in [-0.15, -0.1) is 0 Å². The highest BCUT2D eigenvalue weighted by Gasteiger charge is 2.09. The Morgan fingerprint density at radius 1 is 1.05 bits per heavy atom. The zero-order valence-electron chi connectivity index (χ0n) is 12.5. The first-order chi connectivity index (χ1) is 10.8. The number of hydrogen-bond donors (Lipinski definition) is 2. The number of rotatable bonds is 5. The van der Waals surface area contributed by atoms with Gasteiger partial charge in [-0.2, -0.15) is 0 Å². The summed E-state index contributed by atoms with van der Waals surface area (Å²) in [5.41, 5.74) is 8.50. The number of hydrogen-bond acceptors (Lipinski definition) is 6. The highest BCUT2D eigenvalue weighted by atomic mass is 16.5. The van der Waals surface area contributed by atoms with Gasteiger partial charge >= 0.3 is 0 Å². The minimum atomic E-state index is 0.660. The van der Waals surface area contributed by atoms with Crippen LogP contribution < -0.4 is 11.1 Å². The summed E-state index contributed by atoms with van der Waals surface area (Å²) in [6, 6.07) is 7.70. The number of ether oxygens (including phenoxy) is 1. The summed E-state index contributed by atoms with van der Waals surface area (Å²) in [5, 5.41) is 3.26. The SMILES string of the molecule is Nc1ccc(-c2cnc(NCCN3CCOCC3)nc2)cc1. The van der Waals surface area contributed by atoms with E-state index >= 15 is 0 Å². The molecule has 1 aliphatic heterocycles. The first-order valence-corrected chi connectivity index (χ1v) is 7.53. The van der Waals surface area contributed by atoms with Crippen LogP contribution in [0.3, 0.4) is 0 Å². The Hall–Kier alpha value is -2.18. The summed E-state index contributed by atoms with van der Waals surface area (Å²) in [6.07, 6.45) is 3.66. The van der Waals surface area contributed by atoms with Crippen LogP contribution in [0.4, 0.5) is 11.6 Å². The summed E-state index contributed by atoms with van der Waals surface area (Å²) in [6.45, 7) is 5.46. The van der Waals surface area contributed by atoms with Gasteiger partial charge in [-0.25, -0.2) is 9.97 Å². The van der Waals surface area contributed by atoms with Gasteiger partial charge in [0.2, 0.25) is 5.95 Å². The second-order valence-corrected chi connectivity index (χ2v) is 5.30. The topological polar surface area (TPSA) is 76.3 Å². The van der Waals surface area contributed by atoms with Gasteiger partial charge in [0.05, 0.1) is 13.2 Å². The lowest BCUT2D eigenvalue weighted by Gasteiger charge is -2.26. The third kappa shape index (κ3) is 3.93. The van der Waals surface area contributed by atoms with E-state index in [4.69, 9.17) is 10.5 Å². The minimum absolute atomic E-state index is 0.660. The molecule has 0 saturated carbocycles. The van der Waals surface area contributed by atoms with Gasteiger partial charge in [0.25, 0.3) is 0 Å². The Bertz CT molecular complexity index is 578. The molecule has 1 aromatic heterocycles. The van der Waals surface area contributed by atoms with E-state index in [2.05, 4.69) is 20.2 Å². The summed E-state index contributed by atoms with van der Waals surface area (Å²) in [4.78, 5) is 11.1. The van der Waals surface area contributed by atoms with Crippen LogP contribution in [0, 0.1) is 0 Å². The van der Waals surface area contributed by atoms with Crippen LogP contribution in [0.5, 0.6) is 0 Å². The number of nitrogens with two attached hydrogens (primary N) is 1. The molecule has 2 aromatic rings. The monoisotopic (exact) mass is 299 g/mol. The number of anilines is 2. The normalized spacial score (nSPS) is 15.6. The van der Waals surface area contributed by atoms with Gasteiger partial charge in [0.1, 0.15) is 0 Å². The van der Waals surface area contributed by atoms with Gasteiger partial charge in [0.15, 0.2) is 0 Å². The van der Waals surface area contributed by atoms with Crippen LogP contribution in [0.1, 0.15) is 0 Å². The lowest BCUT2D eigenvalue weighted by Crippen LogP contribution is -2.39. The van der Waals surface area contributed by atoms with E-state index in [9.17, 15) is 0 Å². The highest BCUT2D eigenvalue weighted by Crippen LogP contribution is 2.19. The molecule has 3 rings (SSSR count). The smallest absolute Gasteiger partial charge is 0.222 e. The maximum Gasteiger partial charge on any atom is 0.222 e. The van der Waals surface area contributed by atoms with Crippen molar-refractivity contribution in [2.75, 3.05) is 50.4 Å². The summed E-state index contributed by atoms with van der Waals surface area (Å²) >= 11 is 0. The van der Waals surface area contributed by atoms with Gasteiger partial charge in [-0.1, -0.05) is 12.1 Å². The first kappa shape index (κ1) is 14.7. The van der Waals surface area contributed by atoms with Crippen LogP contribution in [-0.2, 0) is 4.74 Å². The van der Waals surface area contributed by atoms with Crippen molar-refractivity contribution in [3.63, 3.8) is 0 Å². The van der Waals surface area contributed by atoms with E-state index in [-0.39, 0.29) is 0 Å². The largest absolute Gasteiger partial charge is 0.399 e. The van der Waals surface area contributed by atoms with Crippen LogP contribution in [0.15, 0.2) is 36.7 Å². The van der Waals surface area contributed by atoms with Gasteiger partial charge in [-0.05, 0) is 17.7 Å². The van der Waals surface area contributed by atoms with Crippen molar-refractivity contribution in [1.29, 1.82) is 0 Å². The Morgan fingerprint density at radius 2 is 1.73 bits per heavy atom. The maximum absolute atomic E-state index is 5.69. The van der Waals surface area contributed by atoms with Crippen molar-refractivity contribution in [1.82, 2.24) is 14.9 Å². The molecule has 22 heavy (non-hydrogen) atoms. The van der Waals surface area contributed by atoms with E-state index in [1.54, 1.807) is 0 Å². The highest BCUT2D eigenvalue weighted by molar-refractivity contribution is 5.64. The van der Waals surface area contributed by atoms with E-state index < -0.39 is 0 Å².